The van der Waals surface area contributed by atoms with Crippen molar-refractivity contribution in [1.29, 1.82) is 0 Å². The molecule has 0 saturated carbocycles. The van der Waals surface area contributed by atoms with Gasteiger partial charge >= 0.3 is 0 Å². The van der Waals surface area contributed by atoms with Gasteiger partial charge in [0.05, 0.1) is 10.9 Å². The summed E-state index contributed by atoms with van der Waals surface area (Å²) in [4.78, 5) is 0. The first-order valence-corrected chi connectivity index (χ1v) is 11.5. The Labute approximate surface area is 199 Å². The van der Waals surface area contributed by atoms with Gasteiger partial charge in [-0.05, 0) is 53.7 Å². The van der Waals surface area contributed by atoms with Gasteiger partial charge in [-0.25, -0.2) is 4.39 Å². The van der Waals surface area contributed by atoms with Crippen molar-refractivity contribution in [2.75, 3.05) is 0 Å². The second-order valence-electron chi connectivity index (χ2n) is 7.33. The molecule has 8 nitrogen and oxygen atoms in total. The molecule has 2 heterocycles. The smallest absolute Gasteiger partial charge is 0.196 e. The number of hydrogen-bond donors (Lipinski definition) is 0. The molecule has 0 spiro atoms. The SMILES string of the molecule is CC(Sc1nnc(COc2ccccc2F)n1-c1ccccc1)c1nnnn1-c1ccccc1. The van der Waals surface area contributed by atoms with Gasteiger partial charge in [-0.2, -0.15) is 4.68 Å². The third-order valence-corrected chi connectivity index (χ3v) is 6.09. The van der Waals surface area contributed by atoms with Crippen LogP contribution in [0.25, 0.3) is 11.4 Å². The van der Waals surface area contributed by atoms with E-state index < -0.39 is 5.82 Å². The van der Waals surface area contributed by atoms with Crippen LogP contribution in [0.4, 0.5) is 4.39 Å². The Morgan fingerprint density at radius 1 is 0.853 bits per heavy atom. The van der Waals surface area contributed by atoms with Crippen molar-refractivity contribution in [3.05, 3.63) is 102 Å². The van der Waals surface area contributed by atoms with Crippen LogP contribution in [0.2, 0.25) is 0 Å². The van der Waals surface area contributed by atoms with E-state index in [1.807, 2.05) is 72.2 Å². The van der Waals surface area contributed by atoms with Crippen molar-refractivity contribution < 1.29 is 9.13 Å². The quantitative estimate of drug-likeness (QED) is 0.299. The molecule has 5 rings (SSSR count). The molecule has 0 saturated heterocycles. The molecule has 3 aromatic carbocycles. The minimum absolute atomic E-state index is 0.0551. The summed E-state index contributed by atoms with van der Waals surface area (Å²) < 4.78 is 23.4. The zero-order valence-electron chi connectivity index (χ0n) is 18.2. The molecule has 34 heavy (non-hydrogen) atoms. The molecule has 5 aromatic rings. The number of para-hydroxylation sites is 3. The maximum absolute atomic E-state index is 14.0. The number of thioether (sulfide) groups is 1. The summed E-state index contributed by atoms with van der Waals surface area (Å²) in [6.07, 6.45) is 0. The molecule has 1 unspecified atom stereocenters. The number of aromatic nitrogens is 7. The summed E-state index contributed by atoms with van der Waals surface area (Å²) in [5.41, 5.74) is 1.75. The number of ether oxygens (including phenoxy) is 1. The molecule has 0 aliphatic carbocycles. The van der Waals surface area contributed by atoms with E-state index in [9.17, 15) is 4.39 Å². The Morgan fingerprint density at radius 2 is 1.53 bits per heavy atom. The zero-order chi connectivity index (χ0) is 23.3. The van der Waals surface area contributed by atoms with Gasteiger partial charge in [-0.1, -0.05) is 60.3 Å². The first-order valence-electron chi connectivity index (χ1n) is 10.6. The Hall–Kier alpha value is -4.05. The Bertz CT molecular complexity index is 1370. The molecule has 2 aromatic heterocycles. The molecular weight excluding hydrogens is 453 g/mol. The van der Waals surface area contributed by atoms with Gasteiger partial charge in [0.1, 0.15) is 6.61 Å². The van der Waals surface area contributed by atoms with Crippen molar-refractivity contribution in [3.8, 4) is 17.1 Å². The van der Waals surface area contributed by atoms with E-state index in [1.54, 1.807) is 22.9 Å². The summed E-state index contributed by atoms with van der Waals surface area (Å²) in [5, 5.41) is 21.5. The second-order valence-corrected chi connectivity index (χ2v) is 8.64. The summed E-state index contributed by atoms with van der Waals surface area (Å²) in [7, 11) is 0. The fourth-order valence-electron chi connectivity index (χ4n) is 3.42. The molecular formula is C24H20FN7OS. The predicted molar refractivity (Wildman–Crippen MR) is 126 cm³/mol. The second kappa shape index (κ2) is 9.84. The van der Waals surface area contributed by atoms with Gasteiger partial charge in [-0.15, -0.1) is 15.3 Å². The fourth-order valence-corrected chi connectivity index (χ4v) is 4.39. The van der Waals surface area contributed by atoms with Gasteiger partial charge in [0.25, 0.3) is 0 Å². The number of tetrazole rings is 1. The summed E-state index contributed by atoms with van der Waals surface area (Å²) >= 11 is 1.47. The number of halogens is 1. The van der Waals surface area contributed by atoms with Crippen LogP contribution < -0.4 is 4.74 Å². The Kier molecular flexibility index (Phi) is 6.30. The van der Waals surface area contributed by atoms with Crippen LogP contribution in [0.15, 0.2) is 90.1 Å². The van der Waals surface area contributed by atoms with Crippen LogP contribution in [0, 0.1) is 5.82 Å². The summed E-state index contributed by atoms with van der Waals surface area (Å²) in [6, 6.07) is 25.7. The molecule has 0 aliphatic heterocycles. The third kappa shape index (κ3) is 4.53. The maximum atomic E-state index is 14.0. The highest BCUT2D eigenvalue weighted by molar-refractivity contribution is 7.99. The average Bonchev–Trinajstić information content (AvgIpc) is 3.52. The lowest BCUT2D eigenvalue weighted by atomic mass is 10.3. The van der Waals surface area contributed by atoms with Gasteiger partial charge in [-0.3, -0.25) is 4.57 Å². The number of rotatable bonds is 8. The van der Waals surface area contributed by atoms with Crippen molar-refractivity contribution in [3.63, 3.8) is 0 Å². The van der Waals surface area contributed by atoms with Crippen molar-refractivity contribution in [2.45, 2.75) is 23.9 Å². The van der Waals surface area contributed by atoms with Gasteiger partial charge in [0.15, 0.2) is 28.4 Å². The summed E-state index contributed by atoms with van der Waals surface area (Å²) in [6.45, 7) is 2.06. The number of benzene rings is 3. The van der Waals surface area contributed by atoms with E-state index in [0.29, 0.717) is 16.8 Å². The van der Waals surface area contributed by atoms with E-state index in [4.69, 9.17) is 4.74 Å². The first-order chi connectivity index (χ1) is 16.7. The third-order valence-electron chi connectivity index (χ3n) is 5.05. The molecule has 0 radical (unpaired) electrons. The molecule has 0 fully saturated rings. The number of nitrogens with zero attached hydrogens (tertiary/aromatic N) is 7. The molecule has 0 bridgehead atoms. The molecule has 0 aliphatic rings. The lowest BCUT2D eigenvalue weighted by molar-refractivity contribution is 0.278. The van der Waals surface area contributed by atoms with Gasteiger partial charge in [0, 0.05) is 5.69 Å². The van der Waals surface area contributed by atoms with Gasteiger partial charge in [0.2, 0.25) is 0 Å². The van der Waals surface area contributed by atoms with E-state index in [1.165, 1.54) is 17.8 Å². The van der Waals surface area contributed by atoms with E-state index in [0.717, 1.165) is 11.4 Å². The fraction of sp³-hybridized carbons (Fsp3) is 0.125. The van der Waals surface area contributed by atoms with E-state index in [2.05, 4.69) is 25.7 Å². The first kappa shape index (κ1) is 21.8. The molecule has 0 amide bonds. The normalized spacial score (nSPS) is 11.9. The lowest BCUT2D eigenvalue weighted by Gasteiger charge is -2.14. The monoisotopic (exact) mass is 473 g/mol. The average molecular weight is 474 g/mol. The molecule has 170 valence electrons. The Balaban J connectivity index is 1.44. The largest absolute Gasteiger partial charge is 0.483 e. The van der Waals surface area contributed by atoms with Crippen LogP contribution in [-0.2, 0) is 6.61 Å². The zero-order valence-corrected chi connectivity index (χ0v) is 19.0. The van der Waals surface area contributed by atoms with Crippen molar-refractivity contribution in [1.82, 2.24) is 35.0 Å². The Morgan fingerprint density at radius 3 is 2.26 bits per heavy atom. The molecule has 0 N–H and O–H groups in total. The highest BCUT2D eigenvalue weighted by atomic mass is 32.2. The highest BCUT2D eigenvalue weighted by Gasteiger charge is 2.22. The van der Waals surface area contributed by atoms with E-state index in [-0.39, 0.29) is 17.6 Å². The minimum Gasteiger partial charge on any atom is -0.483 e. The van der Waals surface area contributed by atoms with E-state index >= 15 is 0 Å². The van der Waals surface area contributed by atoms with Crippen LogP contribution in [-0.4, -0.2) is 35.0 Å². The minimum atomic E-state index is -0.427. The number of hydrogen-bond acceptors (Lipinski definition) is 7. The lowest BCUT2D eigenvalue weighted by Crippen LogP contribution is -2.08. The standard InChI is InChI=1S/C24H20FN7OS/c1-17(23-27-29-30-32(23)19-12-6-3-7-13-19)34-24-28-26-22(31(24)18-10-4-2-5-11-18)16-33-21-15-9-8-14-20(21)25/h2-15,17H,16H2,1H3. The van der Waals surface area contributed by atoms with Crippen LogP contribution >= 0.6 is 11.8 Å². The van der Waals surface area contributed by atoms with Crippen LogP contribution in [0.1, 0.15) is 23.8 Å². The molecule has 10 heteroatoms. The van der Waals surface area contributed by atoms with Crippen molar-refractivity contribution >= 4 is 11.8 Å². The van der Waals surface area contributed by atoms with Gasteiger partial charge < -0.3 is 4.74 Å². The van der Waals surface area contributed by atoms with Crippen molar-refractivity contribution in [2.24, 2.45) is 0 Å². The van der Waals surface area contributed by atoms with Crippen LogP contribution in [0.5, 0.6) is 5.75 Å². The van der Waals surface area contributed by atoms with Crippen LogP contribution in [0.3, 0.4) is 0 Å². The summed E-state index contributed by atoms with van der Waals surface area (Å²) in [5.74, 6) is 0.966. The maximum Gasteiger partial charge on any atom is 0.196 e. The predicted octanol–water partition coefficient (Wildman–Crippen LogP) is 4.81. The highest BCUT2D eigenvalue weighted by Crippen LogP contribution is 2.35. The molecule has 1 atom stereocenters. The topological polar surface area (TPSA) is 83.5 Å².